The van der Waals surface area contributed by atoms with Crippen LogP contribution in [0.5, 0.6) is 0 Å². The van der Waals surface area contributed by atoms with Crippen molar-refractivity contribution in [3.05, 3.63) is 0 Å². The highest BCUT2D eigenvalue weighted by molar-refractivity contribution is 7.47. The van der Waals surface area contributed by atoms with Crippen LogP contribution >= 0.6 is 15.6 Å². The van der Waals surface area contributed by atoms with Gasteiger partial charge in [0.2, 0.25) is 0 Å². The molecule has 0 aliphatic carbocycles. The number of carbonyl (C=O) groups is 4. The van der Waals surface area contributed by atoms with Crippen LogP contribution in [0.15, 0.2) is 0 Å². The Bertz CT molecular complexity index is 1780. The van der Waals surface area contributed by atoms with Gasteiger partial charge in [-0.1, -0.05) is 312 Å². The van der Waals surface area contributed by atoms with Crippen LogP contribution < -0.4 is 0 Å². The van der Waals surface area contributed by atoms with Crippen molar-refractivity contribution in [3.8, 4) is 0 Å². The number of esters is 4. The first kappa shape index (κ1) is 89.1. The molecule has 0 aromatic rings. The smallest absolute Gasteiger partial charge is 0.462 e. The van der Waals surface area contributed by atoms with E-state index in [1.807, 2.05) is 0 Å². The van der Waals surface area contributed by atoms with Crippen LogP contribution in [0.3, 0.4) is 0 Å². The Kier molecular flexibility index (Phi) is 61.5. The Morgan fingerprint density at radius 1 is 0.297 bits per heavy atom. The third-order valence-corrected chi connectivity index (χ3v) is 18.5. The van der Waals surface area contributed by atoms with Crippen LogP contribution in [0, 0.1) is 17.8 Å². The molecule has 3 N–H and O–H groups in total. The molecule has 5 atom stereocenters. The molecule has 0 radical (unpaired) electrons. The van der Waals surface area contributed by atoms with E-state index in [0.29, 0.717) is 31.6 Å². The minimum atomic E-state index is -4.95. The zero-order valence-corrected chi connectivity index (χ0v) is 61.1. The molecule has 0 bridgehead atoms. The van der Waals surface area contributed by atoms with Gasteiger partial charge in [0.25, 0.3) is 0 Å². The Morgan fingerprint density at radius 2 is 0.505 bits per heavy atom. The molecule has 0 amide bonds. The largest absolute Gasteiger partial charge is 0.472 e. The number of aliphatic hydroxyl groups is 1. The monoisotopic (exact) mass is 1340 g/mol. The normalized spacial score (nSPS) is 14.2. The Balaban J connectivity index is 5.11. The third kappa shape index (κ3) is 66.5. The predicted molar refractivity (Wildman–Crippen MR) is 368 cm³/mol. The molecule has 91 heavy (non-hydrogen) atoms. The Labute approximate surface area is 556 Å². The number of unbranched alkanes of at least 4 members (excludes halogenated alkanes) is 38. The number of hydrogen-bond acceptors (Lipinski definition) is 15. The maximum absolute atomic E-state index is 13.1. The van der Waals surface area contributed by atoms with Gasteiger partial charge in [-0.25, -0.2) is 9.13 Å². The average Bonchev–Trinajstić information content (AvgIpc) is 3.09. The Hall–Kier alpha value is -1.94. The number of hydrogen-bond donors (Lipinski definition) is 3. The molecule has 0 aliphatic heterocycles. The van der Waals surface area contributed by atoms with E-state index in [2.05, 4.69) is 48.5 Å². The number of ether oxygens (including phenoxy) is 4. The second-order valence-electron chi connectivity index (χ2n) is 27.4. The first-order chi connectivity index (χ1) is 43.7. The summed E-state index contributed by atoms with van der Waals surface area (Å²) in [5.41, 5.74) is 0. The topological polar surface area (TPSA) is 237 Å². The minimum Gasteiger partial charge on any atom is -0.462 e. The summed E-state index contributed by atoms with van der Waals surface area (Å²) < 4.78 is 68.1. The summed E-state index contributed by atoms with van der Waals surface area (Å²) in [6.07, 6.45) is 47.9. The lowest BCUT2D eigenvalue weighted by Crippen LogP contribution is -2.30. The number of phosphoric ester groups is 2. The van der Waals surface area contributed by atoms with Crippen molar-refractivity contribution in [2.45, 2.75) is 381 Å². The minimum absolute atomic E-state index is 0.101. The first-order valence-electron chi connectivity index (χ1n) is 37.3. The summed E-state index contributed by atoms with van der Waals surface area (Å²) in [6, 6.07) is 0. The molecule has 0 spiro atoms. The van der Waals surface area contributed by atoms with E-state index < -0.39 is 97.5 Å². The predicted octanol–water partition coefficient (Wildman–Crippen LogP) is 20.6. The molecular weight excluding hydrogens is 1200 g/mol. The van der Waals surface area contributed by atoms with E-state index in [1.165, 1.54) is 167 Å². The lowest BCUT2D eigenvalue weighted by Gasteiger charge is -2.21. The van der Waals surface area contributed by atoms with Crippen molar-refractivity contribution in [1.29, 1.82) is 0 Å². The molecule has 17 nitrogen and oxygen atoms in total. The van der Waals surface area contributed by atoms with Crippen LogP contribution in [0.2, 0.25) is 0 Å². The van der Waals surface area contributed by atoms with Gasteiger partial charge in [-0.05, 0) is 43.4 Å². The van der Waals surface area contributed by atoms with E-state index in [-0.39, 0.29) is 25.7 Å². The van der Waals surface area contributed by atoms with Crippen molar-refractivity contribution in [1.82, 2.24) is 0 Å². The molecular formula is C72H140O17P2. The number of carbonyl (C=O) groups excluding carboxylic acids is 4. The molecule has 540 valence electrons. The summed E-state index contributed by atoms with van der Waals surface area (Å²) in [4.78, 5) is 72.2. The molecule has 0 fully saturated rings. The first-order valence-corrected chi connectivity index (χ1v) is 40.3. The molecule has 0 heterocycles. The fraction of sp³-hybridized carbons (Fsp3) is 0.944. The zero-order chi connectivity index (χ0) is 67.3. The van der Waals surface area contributed by atoms with E-state index in [9.17, 15) is 43.2 Å². The Morgan fingerprint density at radius 3 is 0.747 bits per heavy atom. The second kappa shape index (κ2) is 62.8. The highest BCUT2D eigenvalue weighted by atomic mass is 31.2. The highest BCUT2D eigenvalue weighted by Crippen LogP contribution is 2.45. The molecule has 0 rings (SSSR count). The van der Waals surface area contributed by atoms with Gasteiger partial charge in [-0.2, -0.15) is 0 Å². The molecule has 0 aliphatic rings. The molecule has 19 heteroatoms. The lowest BCUT2D eigenvalue weighted by molar-refractivity contribution is -0.161. The SMILES string of the molecule is CCCCCCCC(=O)OC[C@H](COP(=O)(O)OC[C@H](O)COP(=O)(O)OC[C@@H](COC(=O)CCCCCCCCCCCCCCCC(C)C)OC(=O)CCCCCCCCCCCCCCCCCCCCC(C)C)OC(=O)CCCCCCCCC(C)C. The third-order valence-electron chi connectivity index (χ3n) is 16.6. The lowest BCUT2D eigenvalue weighted by atomic mass is 10.0. The van der Waals surface area contributed by atoms with Gasteiger partial charge in [0.15, 0.2) is 12.2 Å². The van der Waals surface area contributed by atoms with Gasteiger partial charge in [0, 0.05) is 25.7 Å². The fourth-order valence-corrected chi connectivity index (χ4v) is 12.5. The maximum Gasteiger partial charge on any atom is 0.472 e. The summed E-state index contributed by atoms with van der Waals surface area (Å²) in [6.45, 7) is 11.7. The molecule has 2 unspecified atom stereocenters. The van der Waals surface area contributed by atoms with Crippen LogP contribution in [0.1, 0.15) is 363 Å². The van der Waals surface area contributed by atoms with Crippen molar-refractivity contribution >= 4 is 39.5 Å². The number of aliphatic hydroxyl groups excluding tert-OH is 1. The molecule has 0 aromatic heterocycles. The summed E-state index contributed by atoms with van der Waals surface area (Å²) in [7, 11) is -9.89. The average molecular weight is 1340 g/mol. The number of rotatable bonds is 70. The number of phosphoric acid groups is 2. The van der Waals surface area contributed by atoms with Gasteiger partial charge >= 0.3 is 39.5 Å². The highest BCUT2D eigenvalue weighted by Gasteiger charge is 2.30. The molecule has 0 saturated heterocycles. The van der Waals surface area contributed by atoms with E-state index >= 15 is 0 Å². The summed E-state index contributed by atoms with van der Waals surface area (Å²) >= 11 is 0. The van der Waals surface area contributed by atoms with Gasteiger partial charge in [0.1, 0.15) is 19.3 Å². The standard InChI is InChI=1S/C72H140O17P2/c1-8-9-10-36-46-53-69(74)82-59-67(89-72(77)56-49-42-35-34-39-45-52-65(6)7)61-86-90(78,79)84-57-66(73)58-85-91(80,81)87-62-68(60-83-70(75)54-47-40-32-28-24-21-17-19-23-27-31-38-44-51-64(4)5)88-71(76)55-48-41-33-29-25-20-16-14-12-11-13-15-18-22-26-30-37-43-50-63(2)3/h63-68,73H,8-62H2,1-7H3,(H,78,79)(H,80,81)/t66-,67+,68+/m0/s1. The van der Waals surface area contributed by atoms with Crippen molar-refractivity contribution in [2.24, 2.45) is 17.8 Å². The summed E-state index contributed by atoms with van der Waals surface area (Å²) in [5, 5.41) is 10.6. The van der Waals surface area contributed by atoms with Crippen molar-refractivity contribution in [3.63, 3.8) is 0 Å². The molecule has 0 aromatic carbocycles. The zero-order valence-electron chi connectivity index (χ0n) is 59.3. The van der Waals surface area contributed by atoms with Gasteiger partial charge in [-0.3, -0.25) is 37.3 Å². The van der Waals surface area contributed by atoms with Crippen molar-refractivity contribution in [2.75, 3.05) is 39.6 Å². The van der Waals surface area contributed by atoms with E-state index in [4.69, 9.17) is 37.0 Å². The van der Waals surface area contributed by atoms with Crippen LogP contribution in [0.4, 0.5) is 0 Å². The second-order valence-corrected chi connectivity index (χ2v) is 30.3. The quantitative estimate of drug-likeness (QED) is 0.0222. The van der Waals surface area contributed by atoms with Crippen LogP contribution in [0.25, 0.3) is 0 Å². The van der Waals surface area contributed by atoms with Gasteiger partial charge in [0.05, 0.1) is 26.4 Å². The van der Waals surface area contributed by atoms with Crippen molar-refractivity contribution < 1.29 is 80.2 Å². The van der Waals surface area contributed by atoms with Crippen LogP contribution in [-0.4, -0.2) is 96.7 Å². The van der Waals surface area contributed by atoms with Gasteiger partial charge < -0.3 is 33.8 Å². The van der Waals surface area contributed by atoms with Gasteiger partial charge in [-0.15, -0.1) is 0 Å². The summed E-state index contributed by atoms with van der Waals surface area (Å²) in [5.74, 6) is 0.142. The van der Waals surface area contributed by atoms with Crippen LogP contribution in [-0.2, 0) is 65.4 Å². The van der Waals surface area contributed by atoms with E-state index in [0.717, 1.165) is 108 Å². The van der Waals surface area contributed by atoms with E-state index in [1.54, 1.807) is 0 Å². The molecule has 0 saturated carbocycles. The maximum atomic E-state index is 13.1. The fourth-order valence-electron chi connectivity index (χ4n) is 10.9.